The van der Waals surface area contributed by atoms with Gasteiger partial charge in [0.25, 0.3) is 11.7 Å². The fourth-order valence-corrected chi connectivity index (χ4v) is 3.78. The van der Waals surface area contributed by atoms with E-state index < -0.39 is 17.7 Å². The summed E-state index contributed by atoms with van der Waals surface area (Å²) in [5.41, 5.74) is 1.29. The van der Waals surface area contributed by atoms with Crippen LogP contribution in [0.15, 0.2) is 58.6 Å². The summed E-state index contributed by atoms with van der Waals surface area (Å²) in [7, 11) is 1.59. The van der Waals surface area contributed by atoms with Crippen LogP contribution in [-0.2, 0) is 14.3 Å². The minimum Gasteiger partial charge on any atom is -0.507 e. The molecule has 1 amide bonds. The normalized spacial score (nSPS) is 18.1. The first-order chi connectivity index (χ1) is 14.5. The lowest BCUT2D eigenvalue weighted by atomic mass is 9.95. The zero-order chi connectivity index (χ0) is 21.7. The van der Waals surface area contributed by atoms with Gasteiger partial charge in [0.05, 0.1) is 18.2 Å². The topological polar surface area (TPSA) is 76.1 Å². The SMILES string of the molecule is CCOc1ccc(C(O)=C2C(=O)C(=O)N(CCCOC)C2c2ccc(Br)cc2)cc1. The van der Waals surface area contributed by atoms with Crippen LogP contribution in [-0.4, -0.2) is 48.6 Å². The number of hydrogen-bond donors (Lipinski definition) is 1. The molecule has 0 bridgehead atoms. The van der Waals surface area contributed by atoms with Crippen LogP contribution in [0.3, 0.4) is 0 Å². The van der Waals surface area contributed by atoms with E-state index in [2.05, 4.69) is 15.9 Å². The van der Waals surface area contributed by atoms with Crippen LogP contribution in [0, 0.1) is 0 Å². The van der Waals surface area contributed by atoms with E-state index in [9.17, 15) is 14.7 Å². The van der Waals surface area contributed by atoms with Gasteiger partial charge in [-0.05, 0) is 55.3 Å². The fourth-order valence-electron chi connectivity index (χ4n) is 3.51. The molecule has 158 valence electrons. The molecule has 0 saturated carbocycles. The smallest absolute Gasteiger partial charge is 0.295 e. The van der Waals surface area contributed by atoms with Crippen LogP contribution in [0.5, 0.6) is 5.75 Å². The number of carbonyl (C=O) groups excluding carboxylic acids is 2. The van der Waals surface area contributed by atoms with Crippen molar-refractivity contribution < 1.29 is 24.2 Å². The van der Waals surface area contributed by atoms with E-state index >= 15 is 0 Å². The standard InChI is InChI=1S/C23H24BrNO5/c1-3-30-18-11-7-16(8-12-18)21(26)19-20(15-5-9-17(24)10-6-15)25(13-4-14-29-2)23(28)22(19)27/h5-12,20,26H,3-4,13-14H2,1-2H3. The molecule has 1 aliphatic rings. The Morgan fingerprint density at radius 1 is 1.10 bits per heavy atom. The second-order valence-electron chi connectivity index (χ2n) is 6.85. The molecule has 0 aromatic heterocycles. The van der Waals surface area contributed by atoms with Crippen LogP contribution in [0.1, 0.15) is 30.5 Å². The second kappa shape index (κ2) is 9.91. The van der Waals surface area contributed by atoms with Gasteiger partial charge < -0.3 is 19.5 Å². The van der Waals surface area contributed by atoms with Crippen molar-refractivity contribution in [2.75, 3.05) is 26.9 Å². The molecule has 30 heavy (non-hydrogen) atoms. The molecule has 1 N–H and O–H groups in total. The Balaban J connectivity index is 2.06. The number of ether oxygens (including phenoxy) is 2. The molecule has 7 heteroatoms. The average Bonchev–Trinajstić information content (AvgIpc) is 3.00. The van der Waals surface area contributed by atoms with Crippen LogP contribution in [0.25, 0.3) is 5.76 Å². The number of methoxy groups -OCH3 is 1. The number of Topliss-reactive ketones (excluding diaryl/α,β-unsaturated/α-hetero) is 1. The Bertz CT molecular complexity index is 937. The molecule has 1 unspecified atom stereocenters. The molecule has 6 nitrogen and oxygen atoms in total. The molecule has 1 atom stereocenters. The van der Waals surface area contributed by atoms with Gasteiger partial charge in [-0.2, -0.15) is 0 Å². The molecule has 1 aliphatic heterocycles. The van der Waals surface area contributed by atoms with E-state index in [0.29, 0.717) is 37.5 Å². The minimum absolute atomic E-state index is 0.0869. The number of aliphatic hydroxyl groups is 1. The average molecular weight is 474 g/mol. The molecule has 0 radical (unpaired) electrons. The first kappa shape index (κ1) is 22.1. The van der Waals surface area contributed by atoms with Gasteiger partial charge in [0.2, 0.25) is 0 Å². The van der Waals surface area contributed by atoms with Crippen molar-refractivity contribution in [1.82, 2.24) is 4.90 Å². The molecule has 3 rings (SSSR count). The van der Waals surface area contributed by atoms with E-state index in [-0.39, 0.29) is 11.3 Å². The molecule has 1 fully saturated rings. The number of carbonyl (C=O) groups is 2. The van der Waals surface area contributed by atoms with Gasteiger partial charge in [0.15, 0.2) is 0 Å². The first-order valence-corrected chi connectivity index (χ1v) is 10.5. The van der Waals surface area contributed by atoms with Gasteiger partial charge in [-0.25, -0.2) is 0 Å². The van der Waals surface area contributed by atoms with Gasteiger partial charge >= 0.3 is 0 Å². The maximum Gasteiger partial charge on any atom is 0.295 e. The third-order valence-corrected chi connectivity index (χ3v) is 5.44. The molecule has 2 aromatic rings. The highest BCUT2D eigenvalue weighted by atomic mass is 79.9. The monoisotopic (exact) mass is 473 g/mol. The number of aliphatic hydroxyl groups excluding tert-OH is 1. The Kier molecular flexibility index (Phi) is 7.29. The van der Waals surface area contributed by atoms with Crippen molar-refractivity contribution in [3.05, 3.63) is 69.7 Å². The maximum atomic E-state index is 12.9. The summed E-state index contributed by atoms with van der Waals surface area (Å²) in [4.78, 5) is 27.2. The Hall–Kier alpha value is -2.64. The van der Waals surface area contributed by atoms with Crippen LogP contribution < -0.4 is 4.74 Å². The van der Waals surface area contributed by atoms with Gasteiger partial charge in [-0.3, -0.25) is 9.59 Å². The summed E-state index contributed by atoms with van der Waals surface area (Å²) < 4.78 is 11.4. The fraction of sp³-hybridized carbons (Fsp3) is 0.304. The van der Waals surface area contributed by atoms with Crippen LogP contribution in [0.2, 0.25) is 0 Å². The van der Waals surface area contributed by atoms with Gasteiger partial charge in [-0.1, -0.05) is 28.1 Å². The summed E-state index contributed by atoms with van der Waals surface area (Å²) in [6, 6.07) is 13.5. The van der Waals surface area contributed by atoms with Crippen molar-refractivity contribution in [2.45, 2.75) is 19.4 Å². The lowest BCUT2D eigenvalue weighted by Gasteiger charge is -2.25. The predicted molar refractivity (Wildman–Crippen MR) is 117 cm³/mol. The molecule has 0 aliphatic carbocycles. The van der Waals surface area contributed by atoms with E-state index in [0.717, 1.165) is 10.0 Å². The van der Waals surface area contributed by atoms with Crippen molar-refractivity contribution >= 4 is 33.4 Å². The van der Waals surface area contributed by atoms with E-state index in [1.807, 2.05) is 31.2 Å². The first-order valence-electron chi connectivity index (χ1n) is 9.74. The molecular weight excluding hydrogens is 450 g/mol. The summed E-state index contributed by atoms with van der Waals surface area (Å²) >= 11 is 3.41. The zero-order valence-electron chi connectivity index (χ0n) is 16.9. The number of rotatable bonds is 8. The number of nitrogens with zero attached hydrogens (tertiary/aromatic N) is 1. The van der Waals surface area contributed by atoms with Crippen molar-refractivity contribution in [2.24, 2.45) is 0 Å². The second-order valence-corrected chi connectivity index (χ2v) is 7.76. The molecular formula is C23H24BrNO5. The lowest BCUT2D eigenvalue weighted by molar-refractivity contribution is -0.140. The van der Waals surface area contributed by atoms with E-state index in [1.54, 1.807) is 31.4 Å². The Morgan fingerprint density at radius 2 is 1.77 bits per heavy atom. The van der Waals surface area contributed by atoms with E-state index in [4.69, 9.17) is 9.47 Å². The molecule has 2 aromatic carbocycles. The number of halogens is 1. The molecule has 1 heterocycles. The van der Waals surface area contributed by atoms with Crippen LogP contribution >= 0.6 is 15.9 Å². The van der Waals surface area contributed by atoms with Gasteiger partial charge in [0.1, 0.15) is 11.5 Å². The zero-order valence-corrected chi connectivity index (χ0v) is 18.5. The van der Waals surface area contributed by atoms with Crippen molar-refractivity contribution in [1.29, 1.82) is 0 Å². The Morgan fingerprint density at radius 3 is 2.37 bits per heavy atom. The number of benzene rings is 2. The maximum absolute atomic E-state index is 12.9. The molecule has 1 saturated heterocycles. The summed E-state index contributed by atoms with van der Waals surface area (Å²) in [5, 5.41) is 11.0. The summed E-state index contributed by atoms with van der Waals surface area (Å²) in [5.74, 6) is -0.838. The third-order valence-electron chi connectivity index (χ3n) is 4.91. The quantitative estimate of drug-likeness (QED) is 0.267. The van der Waals surface area contributed by atoms with Crippen LogP contribution in [0.4, 0.5) is 0 Å². The summed E-state index contributed by atoms with van der Waals surface area (Å²) in [6.07, 6.45) is 0.583. The van der Waals surface area contributed by atoms with Crippen molar-refractivity contribution in [3.8, 4) is 5.75 Å². The van der Waals surface area contributed by atoms with Gasteiger partial charge in [-0.15, -0.1) is 0 Å². The highest BCUT2D eigenvalue weighted by Gasteiger charge is 2.45. The molecule has 0 spiro atoms. The predicted octanol–water partition coefficient (Wildman–Crippen LogP) is 4.31. The third kappa shape index (κ3) is 4.57. The lowest BCUT2D eigenvalue weighted by Crippen LogP contribution is -2.31. The minimum atomic E-state index is -0.688. The number of likely N-dealkylation sites (tertiary alicyclic amines) is 1. The van der Waals surface area contributed by atoms with Gasteiger partial charge in [0, 0.05) is 30.3 Å². The Labute approximate surface area is 184 Å². The number of ketones is 1. The number of hydrogen-bond acceptors (Lipinski definition) is 5. The highest BCUT2D eigenvalue weighted by Crippen LogP contribution is 2.39. The number of amides is 1. The highest BCUT2D eigenvalue weighted by molar-refractivity contribution is 9.10. The summed E-state index contributed by atoms with van der Waals surface area (Å²) in [6.45, 7) is 3.23. The largest absolute Gasteiger partial charge is 0.507 e. The van der Waals surface area contributed by atoms with E-state index in [1.165, 1.54) is 4.90 Å². The van der Waals surface area contributed by atoms with Crippen molar-refractivity contribution in [3.63, 3.8) is 0 Å².